The van der Waals surface area contributed by atoms with Gasteiger partial charge in [0.2, 0.25) is 0 Å². The molecule has 0 heteroatoms. The number of rotatable bonds is 0. The fourth-order valence-corrected chi connectivity index (χ4v) is 5.19. The molecule has 0 aromatic heterocycles. The highest BCUT2D eigenvalue weighted by molar-refractivity contribution is 5.28. The molecule has 0 radical (unpaired) electrons. The van der Waals surface area contributed by atoms with E-state index in [0.717, 1.165) is 17.8 Å². The van der Waals surface area contributed by atoms with Gasteiger partial charge in [0.25, 0.3) is 0 Å². The summed E-state index contributed by atoms with van der Waals surface area (Å²) in [6.45, 7) is 12.0. The monoisotopic (exact) mass is 204 g/mol. The van der Waals surface area contributed by atoms with Gasteiger partial charge in [-0.15, -0.1) is 0 Å². The van der Waals surface area contributed by atoms with Gasteiger partial charge in [-0.25, -0.2) is 0 Å². The molecule has 0 amide bonds. The maximum absolute atomic E-state index is 4.46. The van der Waals surface area contributed by atoms with Crippen LogP contribution in [0.5, 0.6) is 0 Å². The van der Waals surface area contributed by atoms with Gasteiger partial charge in [0.05, 0.1) is 0 Å². The lowest BCUT2D eigenvalue weighted by Gasteiger charge is -2.67. The van der Waals surface area contributed by atoms with Gasteiger partial charge in [-0.2, -0.15) is 0 Å². The molecule has 4 aliphatic carbocycles. The molecule has 5 atom stereocenters. The molecule has 4 aliphatic rings. The summed E-state index contributed by atoms with van der Waals surface area (Å²) in [5, 5.41) is 0. The van der Waals surface area contributed by atoms with Crippen molar-refractivity contribution >= 4 is 0 Å². The average molecular weight is 204 g/mol. The van der Waals surface area contributed by atoms with Gasteiger partial charge in [-0.05, 0) is 60.7 Å². The Bertz CT molecular complexity index is 316. The number of hydrogen-bond donors (Lipinski definition) is 0. The van der Waals surface area contributed by atoms with Crippen LogP contribution < -0.4 is 0 Å². The Labute approximate surface area is 94.1 Å². The lowest BCUT2D eigenvalue weighted by atomic mass is 9.37. The van der Waals surface area contributed by atoms with Crippen LogP contribution in [0, 0.1) is 28.6 Å². The van der Waals surface area contributed by atoms with E-state index < -0.39 is 0 Å². The van der Waals surface area contributed by atoms with Crippen LogP contribution in [-0.4, -0.2) is 0 Å². The number of allylic oxidation sites excluding steroid dienone is 1. The zero-order chi connectivity index (χ0) is 10.8. The molecular formula is C15H24. The molecule has 4 fully saturated rings. The van der Waals surface area contributed by atoms with E-state index in [-0.39, 0.29) is 0 Å². The van der Waals surface area contributed by atoms with Crippen molar-refractivity contribution < 1.29 is 0 Å². The van der Waals surface area contributed by atoms with Crippen molar-refractivity contribution in [1.82, 2.24) is 0 Å². The first-order chi connectivity index (χ1) is 6.99. The first-order valence-electron chi connectivity index (χ1n) is 6.68. The molecule has 84 valence electrons. The van der Waals surface area contributed by atoms with Gasteiger partial charge >= 0.3 is 0 Å². The molecule has 4 bridgehead atoms. The smallest absolute Gasteiger partial charge is 0.00597 e. The van der Waals surface area contributed by atoms with Crippen molar-refractivity contribution in [2.24, 2.45) is 28.6 Å². The molecule has 0 spiro atoms. The van der Waals surface area contributed by atoms with Gasteiger partial charge in [0, 0.05) is 0 Å². The molecule has 0 aromatic carbocycles. The van der Waals surface area contributed by atoms with Crippen LogP contribution >= 0.6 is 0 Å². The third-order valence-corrected chi connectivity index (χ3v) is 6.62. The third-order valence-electron chi connectivity index (χ3n) is 6.62. The van der Waals surface area contributed by atoms with Crippen LogP contribution in [0.3, 0.4) is 0 Å². The maximum atomic E-state index is 4.46. The molecule has 4 saturated carbocycles. The van der Waals surface area contributed by atoms with Crippen LogP contribution in [0.15, 0.2) is 12.2 Å². The molecule has 0 aromatic rings. The SMILES string of the molecule is C=C1[C@@H]2CCC3(C)[C@@H](C2)[C@@H](C)CC[C@@]13C. The summed E-state index contributed by atoms with van der Waals surface area (Å²) in [5.74, 6) is 2.81. The first-order valence-corrected chi connectivity index (χ1v) is 6.68. The number of hydrogen-bond acceptors (Lipinski definition) is 0. The van der Waals surface area contributed by atoms with E-state index in [1.54, 1.807) is 5.57 Å². The van der Waals surface area contributed by atoms with E-state index in [1.807, 2.05) is 0 Å². The summed E-state index contributed by atoms with van der Waals surface area (Å²) in [5.41, 5.74) is 2.67. The minimum atomic E-state index is 0.478. The van der Waals surface area contributed by atoms with Crippen molar-refractivity contribution in [2.45, 2.75) is 52.9 Å². The zero-order valence-corrected chi connectivity index (χ0v) is 10.5. The quantitative estimate of drug-likeness (QED) is 0.513. The average Bonchev–Trinajstić information content (AvgIpc) is 2.21. The Hall–Kier alpha value is -0.260. The molecule has 0 N–H and O–H groups in total. The maximum Gasteiger partial charge on any atom is -0.00597 e. The minimum absolute atomic E-state index is 0.478. The van der Waals surface area contributed by atoms with E-state index in [1.165, 1.54) is 32.1 Å². The van der Waals surface area contributed by atoms with Crippen LogP contribution in [0.4, 0.5) is 0 Å². The lowest BCUT2D eigenvalue weighted by Crippen LogP contribution is -2.58. The summed E-state index contributed by atoms with van der Waals surface area (Å²) in [6, 6.07) is 0. The predicted octanol–water partition coefficient (Wildman–Crippen LogP) is 4.42. The highest BCUT2D eigenvalue weighted by Crippen LogP contribution is 2.70. The zero-order valence-electron chi connectivity index (χ0n) is 10.5. The Morgan fingerprint density at radius 3 is 2.67 bits per heavy atom. The molecular weight excluding hydrogens is 180 g/mol. The van der Waals surface area contributed by atoms with Gasteiger partial charge in [0.1, 0.15) is 0 Å². The fourth-order valence-electron chi connectivity index (χ4n) is 5.19. The Morgan fingerprint density at radius 2 is 1.93 bits per heavy atom. The van der Waals surface area contributed by atoms with Crippen LogP contribution in [0.1, 0.15) is 52.9 Å². The highest BCUT2D eigenvalue weighted by Gasteiger charge is 2.61. The predicted molar refractivity (Wildman–Crippen MR) is 64.6 cm³/mol. The molecule has 1 unspecified atom stereocenters. The van der Waals surface area contributed by atoms with Crippen LogP contribution in [-0.2, 0) is 0 Å². The summed E-state index contributed by atoms with van der Waals surface area (Å²) >= 11 is 0. The van der Waals surface area contributed by atoms with Gasteiger partial charge in [0.15, 0.2) is 0 Å². The van der Waals surface area contributed by atoms with Crippen molar-refractivity contribution in [3.8, 4) is 0 Å². The van der Waals surface area contributed by atoms with Crippen molar-refractivity contribution in [2.75, 3.05) is 0 Å². The summed E-state index contributed by atoms with van der Waals surface area (Å²) in [6.07, 6.45) is 7.17. The second kappa shape index (κ2) is 2.70. The fraction of sp³-hybridized carbons (Fsp3) is 0.867. The van der Waals surface area contributed by atoms with E-state index in [0.29, 0.717) is 10.8 Å². The van der Waals surface area contributed by atoms with Gasteiger partial charge in [-0.1, -0.05) is 32.9 Å². The highest BCUT2D eigenvalue weighted by atomic mass is 14.7. The van der Waals surface area contributed by atoms with Crippen molar-refractivity contribution in [1.29, 1.82) is 0 Å². The van der Waals surface area contributed by atoms with E-state index in [4.69, 9.17) is 0 Å². The minimum Gasteiger partial charge on any atom is -0.0990 e. The first kappa shape index (κ1) is 9.93. The molecule has 4 rings (SSSR count). The van der Waals surface area contributed by atoms with Crippen LogP contribution in [0.25, 0.3) is 0 Å². The molecule has 15 heavy (non-hydrogen) atoms. The second-order valence-corrected chi connectivity index (χ2v) is 6.87. The van der Waals surface area contributed by atoms with Crippen molar-refractivity contribution in [3.05, 3.63) is 12.2 Å². The molecule has 0 heterocycles. The molecule has 0 saturated heterocycles. The third kappa shape index (κ3) is 0.946. The van der Waals surface area contributed by atoms with Crippen molar-refractivity contribution in [3.63, 3.8) is 0 Å². The molecule has 0 nitrogen and oxygen atoms in total. The Balaban J connectivity index is 2.11. The Morgan fingerprint density at radius 1 is 1.20 bits per heavy atom. The lowest BCUT2D eigenvalue weighted by molar-refractivity contribution is -0.123. The van der Waals surface area contributed by atoms with Gasteiger partial charge in [-0.3, -0.25) is 0 Å². The van der Waals surface area contributed by atoms with E-state index in [2.05, 4.69) is 27.4 Å². The Kier molecular flexibility index (Phi) is 1.79. The summed E-state index contributed by atoms with van der Waals surface area (Å²) < 4.78 is 0. The van der Waals surface area contributed by atoms with E-state index in [9.17, 15) is 0 Å². The topological polar surface area (TPSA) is 0 Å². The van der Waals surface area contributed by atoms with Gasteiger partial charge < -0.3 is 0 Å². The van der Waals surface area contributed by atoms with Crippen LogP contribution in [0.2, 0.25) is 0 Å². The standard InChI is InChI=1S/C15H24/c1-10-5-7-14(3)11(2)12-6-8-15(14,4)13(10)9-12/h10,12-13H,2,5-9H2,1,3-4H3/t10-,12+,13-,14-,15?/m0/s1. The van der Waals surface area contributed by atoms with E-state index >= 15 is 0 Å². The second-order valence-electron chi connectivity index (χ2n) is 6.87. The number of fused-ring (bicyclic) bond motifs is 1. The molecule has 0 aliphatic heterocycles. The largest absolute Gasteiger partial charge is 0.0990 e. The summed E-state index contributed by atoms with van der Waals surface area (Å²) in [7, 11) is 0. The normalized spacial score (nSPS) is 58.3. The summed E-state index contributed by atoms with van der Waals surface area (Å²) in [4.78, 5) is 0.